The molecule has 1 aliphatic heterocycles. The van der Waals surface area contributed by atoms with E-state index in [0.717, 1.165) is 30.1 Å². The molecule has 0 bridgehead atoms. The normalized spacial score (nSPS) is 15.7. The molecule has 0 N–H and O–H groups in total. The SMILES string of the molecule is CCN1C[C@H](CN(C)C(=O)Cc2cc(Cl)ccc2OC)Oc2ccccc21. The molecule has 27 heavy (non-hydrogen) atoms. The number of carbonyl (C=O) groups is 1. The van der Waals surface area contributed by atoms with Crippen molar-refractivity contribution in [2.45, 2.75) is 19.4 Å². The Morgan fingerprint density at radius 3 is 2.85 bits per heavy atom. The van der Waals surface area contributed by atoms with Crippen molar-refractivity contribution in [3.05, 3.63) is 53.1 Å². The highest BCUT2D eigenvalue weighted by Crippen LogP contribution is 2.33. The lowest BCUT2D eigenvalue weighted by molar-refractivity contribution is -0.130. The van der Waals surface area contributed by atoms with Gasteiger partial charge in [-0.2, -0.15) is 0 Å². The zero-order valence-electron chi connectivity index (χ0n) is 15.9. The second-order valence-corrected chi connectivity index (χ2v) is 7.09. The first-order chi connectivity index (χ1) is 13.0. The summed E-state index contributed by atoms with van der Waals surface area (Å²) in [7, 11) is 3.40. The molecule has 5 nitrogen and oxygen atoms in total. The Morgan fingerprint density at radius 2 is 2.11 bits per heavy atom. The van der Waals surface area contributed by atoms with Crippen LogP contribution in [0.2, 0.25) is 5.02 Å². The quantitative estimate of drug-likeness (QED) is 0.757. The monoisotopic (exact) mass is 388 g/mol. The topological polar surface area (TPSA) is 42.0 Å². The van der Waals surface area contributed by atoms with Crippen LogP contribution in [0.1, 0.15) is 12.5 Å². The molecule has 0 aromatic heterocycles. The average molecular weight is 389 g/mol. The van der Waals surface area contributed by atoms with Gasteiger partial charge in [0.15, 0.2) is 0 Å². The van der Waals surface area contributed by atoms with Gasteiger partial charge in [-0.05, 0) is 37.3 Å². The number of rotatable bonds is 6. The molecule has 6 heteroatoms. The lowest BCUT2D eigenvalue weighted by atomic mass is 10.1. The van der Waals surface area contributed by atoms with Crippen LogP contribution in [0.3, 0.4) is 0 Å². The predicted molar refractivity (Wildman–Crippen MR) is 108 cm³/mol. The lowest BCUT2D eigenvalue weighted by Crippen LogP contribution is -2.47. The Labute approximate surface area is 165 Å². The first-order valence-electron chi connectivity index (χ1n) is 9.08. The number of hydrogen-bond donors (Lipinski definition) is 0. The zero-order valence-corrected chi connectivity index (χ0v) is 16.7. The van der Waals surface area contributed by atoms with Crippen LogP contribution in [0.4, 0.5) is 5.69 Å². The van der Waals surface area contributed by atoms with Gasteiger partial charge in [0.25, 0.3) is 0 Å². The van der Waals surface area contributed by atoms with E-state index in [-0.39, 0.29) is 18.4 Å². The summed E-state index contributed by atoms with van der Waals surface area (Å²) in [5.41, 5.74) is 1.89. The second kappa shape index (κ2) is 8.53. The van der Waals surface area contributed by atoms with E-state index in [9.17, 15) is 4.79 Å². The fourth-order valence-corrected chi connectivity index (χ4v) is 3.56. The third-order valence-corrected chi connectivity index (χ3v) is 5.03. The van der Waals surface area contributed by atoms with E-state index in [1.807, 2.05) is 18.2 Å². The van der Waals surface area contributed by atoms with Crippen molar-refractivity contribution in [1.82, 2.24) is 4.90 Å². The minimum atomic E-state index is -0.0740. The lowest BCUT2D eigenvalue weighted by Gasteiger charge is -2.37. The van der Waals surface area contributed by atoms with E-state index in [1.165, 1.54) is 0 Å². The van der Waals surface area contributed by atoms with Gasteiger partial charge in [0.05, 0.1) is 32.3 Å². The maximum absolute atomic E-state index is 12.7. The molecule has 0 aliphatic carbocycles. The molecule has 0 unspecified atom stereocenters. The third-order valence-electron chi connectivity index (χ3n) is 4.79. The number of hydrogen-bond acceptors (Lipinski definition) is 4. The summed E-state index contributed by atoms with van der Waals surface area (Å²) >= 11 is 6.07. The van der Waals surface area contributed by atoms with Crippen molar-refractivity contribution in [2.75, 3.05) is 38.7 Å². The first kappa shape index (κ1) is 19.4. The molecule has 0 saturated heterocycles. The third kappa shape index (κ3) is 4.48. The maximum atomic E-state index is 12.7. The van der Waals surface area contributed by atoms with E-state index in [1.54, 1.807) is 37.3 Å². The van der Waals surface area contributed by atoms with Crippen molar-refractivity contribution >= 4 is 23.2 Å². The van der Waals surface area contributed by atoms with Crippen LogP contribution in [0.15, 0.2) is 42.5 Å². The molecule has 1 atom stereocenters. The van der Waals surface area contributed by atoms with E-state index in [0.29, 0.717) is 17.3 Å². The summed E-state index contributed by atoms with van der Waals surface area (Å²) in [6, 6.07) is 13.3. The first-order valence-corrected chi connectivity index (χ1v) is 9.46. The van der Waals surface area contributed by atoms with Crippen molar-refractivity contribution < 1.29 is 14.3 Å². The van der Waals surface area contributed by atoms with Crippen molar-refractivity contribution in [2.24, 2.45) is 0 Å². The number of carbonyl (C=O) groups excluding carboxylic acids is 1. The minimum absolute atomic E-state index is 0.000994. The Bertz CT molecular complexity index is 812. The summed E-state index contributed by atoms with van der Waals surface area (Å²) in [6.07, 6.45) is 0.163. The highest BCUT2D eigenvalue weighted by atomic mass is 35.5. The molecular weight excluding hydrogens is 364 g/mol. The minimum Gasteiger partial charge on any atom is -0.496 e. The van der Waals surface area contributed by atoms with Crippen LogP contribution in [0.5, 0.6) is 11.5 Å². The molecule has 0 spiro atoms. The number of methoxy groups -OCH3 is 1. The summed E-state index contributed by atoms with van der Waals surface area (Å²) in [5.74, 6) is 1.54. The maximum Gasteiger partial charge on any atom is 0.227 e. The van der Waals surface area contributed by atoms with Crippen LogP contribution in [0, 0.1) is 0 Å². The molecule has 1 aliphatic rings. The number of anilines is 1. The Morgan fingerprint density at radius 1 is 1.33 bits per heavy atom. The largest absolute Gasteiger partial charge is 0.496 e. The molecule has 2 aromatic rings. The van der Waals surface area contributed by atoms with Gasteiger partial charge in [0.1, 0.15) is 17.6 Å². The summed E-state index contributed by atoms with van der Waals surface area (Å²) in [4.78, 5) is 16.7. The van der Waals surface area contributed by atoms with Crippen LogP contribution < -0.4 is 14.4 Å². The Balaban J connectivity index is 1.66. The predicted octanol–water partition coefficient (Wildman–Crippen LogP) is 3.64. The van der Waals surface area contributed by atoms with Gasteiger partial charge in [0.2, 0.25) is 5.91 Å². The summed E-state index contributed by atoms with van der Waals surface area (Å²) in [5, 5.41) is 0.590. The van der Waals surface area contributed by atoms with Crippen molar-refractivity contribution in [3.8, 4) is 11.5 Å². The van der Waals surface area contributed by atoms with E-state index < -0.39 is 0 Å². The Hall–Kier alpha value is -2.40. The molecule has 0 fully saturated rings. The molecule has 2 aromatic carbocycles. The van der Waals surface area contributed by atoms with Crippen molar-refractivity contribution in [3.63, 3.8) is 0 Å². The van der Waals surface area contributed by atoms with Crippen LogP contribution in [0.25, 0.3) is 0 Å². The smallest absolute Gasteiger partial charge is 0.227 e. The fraction of sp³-hybridized carbons (Fsp3) is 0.381. The van der Waals surface area contributed by atoms with Gasteiger partial charge >= 0.3 is 0 Å². The molecule has 0 radical (unpaired) electrons. The van der Waals surface area contributed by atoms with Crippen LogP contribution in [-0.2, 0) is 11.2 Å². The number of likely N-dealkylation sites (N-methyl/N-ethyl adjacent to an activating group) is 2. The number of amides is 1. The van der Waals surface area contributed by atoms with Gasteiger partial charge in [-0.3, -0.25) is 4.79 Å². The van der Waals surface area contributed by atoms with Gasteiger partial charge in [-0.25, -0.2) is 0 Å². The van der Waals surface area contributed by atoms with Gasteiger partial charge in [-0.1, -0.05) is 23.7 Å². The van der Waals surface area contributed by atoms with Gasteiger partial charge in [0, 0.05) is 24.2 Å². The molecule has 0 saturated carbocycles. The molecule has 144 valence electrons. The van der Waals surface area contributed by atoms with Gasteiger partial charge < -0.3 is 19.3 Å². The van der Waals surface area contributed by atoms with Crippen molar-refractivity contribution in [1.29, 1.82) is 0 Å². The number of para-hydroxylation sites is 2. The number of fused-ring (bicyclic) bond motifs is 1. The molecule has 1 amide bonds. The van der Waals surface area contributed by atoms with E-state index >= 15 is 0 Å². The van der Waals surface area contributed by atoms with E-state index in [4.69, 9.17) is 21.1 Å². The fourth-order valence-electron chi connectivity index (χ4n) is 3.36. The molecule has 3 rings (SSSR count). The van der Waals surface area contributed by atoms with Crippen LogP contribution in [-0.4, -0.2) is 50.7 Å². The summed E-state index contributed by atoms with van der Waals surface area (Å²) < 4.78 is 11.5. The standard InChI is InChI=1S/C21H25ClN2O3/c1-4-24-14-17(27-20-8-6-5-7-18(20)24)13-23(2)21(25)12-15-11-16(22)9-10-19(15)26-3/h5-11,17H,4,12-14H2,1-3H3/t17-/m0/s1. The molecule has 1 heterocycles. The average Bonchev–Trinajstić information content (AvgIpc) is 2.67. The second-order valence-electron chi connectivity index (χ2n) is 6.65. The zero-order chi connectivity index (χ0) is 19.4. The Kier molecular flexibility index (Phi) is 6.11. The highest BCUT2D eigenvalue weighted by Gasteiger charge is 2.26. The molecular formula is C21H25ClN2O3. The van der Waals surface area contributed by atoms with Gasteiger partial charge in [-0.15, -0.1) is 0 Å². The number of benzene rings is 2. The summed E-state index contributed by atoms with van der Waals surface area (Å²) in [6.45, 7) is 4.30. The number of halogens is 1. The number of ether oxygens (including phenoxy) is 2. The highest BCUT2D eigenvalue weighted by molar-refractivity contribution is 6.30. The number of nitrogens with zero attached hydrogens (tertiary/aromatic N) is 2. The van der Waals surface area contributed by atoms with Crippen LogP contribution >= 0.6 is 11.6 Å². The van der Waals surface area contributed by atoms with E-state index in [2.05, 4.69) is 17.9 Å².